The molecule has 97 heavy (non-hydrogen) atoms. The van der Waals surface area contributed by atoms with Gasteiger partial charge in [0.15, 0.2) is 5.78 Å². The zero-order valence-electron chi connectivity index (χ0n) is 59.3. The van der Waals surface area contributed by atoms with E-state index < -0.39 is 42.1 Å². The second-order valence-electron chi connectivity index (χ2n) is 25.4. The largest absolute Gasteiger partial charge is 0.468 e. The topological polar surface area (TPSA) is 324 Å². The number of aromatic nitrogens is 8. The first-order valence-corrected chi connectivity index (χ1v) is 42.1. The van der Waals surface area contributed by atoms with Gasteiger partial charge in [0.25, 0.3) is 29.9 Å². The van der Waals surface area contributed by atoms with Gasteiger partial charge in [0, 0.05) is 56.7 Å². The first-order chi connectivity index (χ1) is 45.9. The highest BCUT2D eigenvalue weighted by Gasteiger charge is 2.24. The number of nitrogens with one attached hydrogen (secondary N) is 1. The van der Waals surface area contributed by atoms with Crippen LogP contribution in [0.1, 0.15) is 58.7 Å². The van der Waals surface area contributed by atoms with Gasteiger partial charge in [0.05, 0.1) is 113 Å². The standard InChI is InChI=1S/C17H27N3O4Si.C16H24N2O4Si.C16H24N2O3Si.C10H10N2O3.C8H10N2O2/c1-19(23-3)16(21)13-8-7-9-14-15(13)18-17(22-2)20(14)12-24-10-11-25(4,5)6;1-20-15(19)12-7-6-8-13-14(12)17-16(21-2)18(13)11-22-9-10-23(3,4)5;1-12(19)13-7-6-8-14-15(13)17-16(20-2)18(14)11-21-9-10-22(3,4)5;1-14-9(13)6-4-3-5-7-8(6)12-10(11-7)15-2;1-12-8(11)5-3-2-4-6(9)7(5)10/h7-9H,10-12H2,1-6H3;6-8H,9-11H2,1-5H3;6-8H,9-11H2,1-5H3;3-5H,1-2H3,(H,11,12);2-4H,9-10H2,1H3. The minimum Gasteiger partial charge on any atom is -0.468 e. The number of hydroxylamine groups is 2. The van der Waals surface area contributed by atoms with Crippen molar-refractivity contribution in [3.8, 4) is 24.0 Å². The summed E-state index contributed by atoms with van der Waals surface area (Å²) < 4.78 is 57.9. The number of carbonyl (C=O) groups is 5. The molecule has 0 saturated heterocycles. The van der Waals surface area contributed by atoms with Crippen molar-refractivity contribution in [3.05, 3.63) is 119 Å². The van der Waals surface area contributed by atoms with Crippen molar-refractivity contribution in [1.82, 2.24) is 43.7 Å². The number of hydrogen-bond acceptors (Lipinski definition) is 22. The molecule has 4 heterocycles. The van der Waals surface area contributed by atoms with Crippen LogP contribution >= 0.6 is 0 Å². The quantitative estimate of drug-likeness (QED) is 0.00910. The van der Waals surface area contributed by atoms with Gasteiger partial charge < -0.3 is 63.8 Å². The zero-order valence-corrected chi connectivity index (χ0v) is 62.3. The number of aromatic amines is 1. The molecule has 1 amide bonds. The van der Waals surface area contributed by atoms with E-state index in [1.54, 1.807) is 89.9 Å². The number of H-pyrrole nitrogens is 1. The van der Waals surface area contributed by atoms with Crippen molar-refractivity contribution in [3.63, 3.8) is 0 Å². The summed E-state index contributed by atoms with van der Waals surface area (Å²) in [5.41, 5.74) is 19.4. The molecule has 9 aromatic rings. The van der Waals surface area contributed by atoms with E-state index in [9.17, 15) is 24.0 Å². The lowest BCUT2D eigenvalue weighted by molar-refractivity contribution is -0.0755. The van der Waals surface area contributed by atoms with Gasteiger partial charge in [-0.1, -0.05) is 89.3 Å². The molecule has 5 aromatic carbocycles. The second-order valence-corrected chi connectivity index (χ2v) is 42.3. The van der Waals surface area contributed by atoms with E-state index in [1.807, 2.05) is 50.1 Å². The third-order valence-corrected chi connectivity index (χ3v) is 19.8. The van der Waals surface area contributed by atoms with Crippen LogP contribution < -0.4 is 30.4 Å². The molecule has 0 aliphatic heterocycles. The van der Waals surface area contributed by atoms with Crippen LogP contribution in [0.4, 0.5) is 11.4 Å². The third kappa shape index (κ3) is 21.9. The summed E-state index contributed by atoms with van der Waals surface area (Å²) in [7, 11) is 9.83. The van der Waals surface area contributed by atoms with E-state index in [0.29, 0.717) is 113 Å². The summed E-state index contributed by atoms with van der Waals surface area (Å²) in [5, 5.41) is 1.17. The Morgan fingerprint density at radius 1 is 0.454 bits per heavy atom. The van der Waals surface area contributed by atoms with Gasteiger partial charge in [-0.3, -0.25) is 28.1 Å². The molecule has 0 saturated carbocycles. The fourth-order valence-corrected chi connectivity index (χ4v) is 11.3. The number of nitrogen functional groups attached to an aromatic ring is 2. The van der Waals surface area contributed by atoms with E-state index in [-0.39, 0.29) is 17.4 Å². The summed E-state index contributed by atoms with van der Waals surface area (Å²) in [4.78, 5) is 83.8. The number of anilines is 2. The average Bonchev–Trinajstić information content (AvgIpc) is 1.66. The number of Topliss-reactive ketones (excluding diaryl/α,β-unsaturated/α-hetero) is 1. The lowest BCUT2D eigenvalue weighted by atomic mass is 10.1. The number of ketones is 1. The smallest absolute Gasteiger partial charge is 0.340 e. The van der Waals surface area contributed by atoms with Gasteiger partial charge in [-0.15, -0.1) is 0 Å². The minimum atomic E-state index is -1.14. The lowest BCUT2D eigenvalue weighted by Crippen LogP contribution is -2.25. The number of ether oxygens (including phenoxy) is 10. The highest BCUT2D eigenvalue weighted by atomic mass is 28.3. The molecule has 0 atom stereocenters. The van der Waals surface area contributed by atoms with E-state index in [1.165, 1.54) is 40.6 Å². The number of nitrogens with zero attached hydrogens (tertiary/aromatic N) is 8. The molecular formula is C67H95N11O16Si3. The third-order valence-electron chi connectivity index (χ3n) is 14.6. The minimum absolute atomic E-state index is 0.00226. The molecule has 5 N–H and O–H groups in total. The first kappa shape index (κ1) is 78.5. The van der Waals surface area contributed by atoms with Crippen LogP contribution in [0.3, 0.4) is 0 Å². The number of fused-ring (bicyclic) bond motifs is 4. The van der Waals surface area contributed by atoms with Crippen LogP contribution in [0.25, 0.3) is 44.1 Å². The lowest BCUT2D eigenvalue weighted by Gasteiger charge is -2.16. The molecule has 0 spiro atoms. The summed E-state index contributed by atoms with van der Waals surface area (Å²) in [6.45, 7) is 25.6. The van der Waals surface area contributed by atoms with Crippen LogP contribution in [0.2, 0.25) is 77.1 Å². The number of benzene rings is 5. The molecule has 27 nitrogen and oxygen atoms in total. The number of nitrogens with two attached hydrogens (primary N) is 2. The fourth-order valence-electron chi connectivity index (χ4n) is 9.06. The summed E-state index contributed by atoms with van der Waals surface area (Å²) in [6, 6.07) is 31.5. The summed E-state index contributed by atoms with van der Waals surface area (Å²) >= 11 is 0. The van der Waals surface area contributed by atoms with Gasteiger partial charge in [0.1, 0.15) is 42.3 Å². The van der Waals surface area contributed by atoms with E-state index in [2.05, 4.69) is 93.3 Å². The number of carbonyl (C=O) groups excluding carboxylic acids is 5. The number of amides is 1. The number of rotatable bonds is 25. The predicted molar refractivity (Wildman–Crippen MR) is 382 cm³/mol. The van der Waals surface area contributed by atoms with Crippen LogP contribution in [-0.4, -0.2) is 181 Å². The summed E-state index contributed by atoms with van der Waals surface area (Å²) in [6.07, 6.45) is 0. The Labute approximate surface area is 568 Å². The zero-order chi connectivity index (χ0) is 72.0. The number of imidazole rings is 4. The Bertz CT molecular complexity index is 4110. The molecule has 9 rings (SSSR count). The van der Waals surface area contributed by atoms with Crippen LogP contribution in [0.15, 0.2) is 91.0 Å². The molecule has 30 heteroatoms. The molecule has 0 bridgehead atoms. The molecule has 0 fully saturated rings. The van der Waals surface area contributed by atoms with Crippen molar-refractivity contribution in [2.24, 2.45) is 0 Å². The number of methoxy groups -OCH3 is 7. The SMILES string of the molecule is COC(=O)c1cccc(N)c1N.COC(=O)c1cccc2[nH]c(OC)nc12.COC(=O)c1cccc2c1nc(OC)n2COCC[Si](C)(C)C.COc1nc2c(C(=O)N(C)OC)cccc2n1COCC[Si](C)(C)C.COc1nc2c(C(C)=O)cccc2n1COCC[Si](C)(C)C. The molecular weight excluding hydrogens is 1300 g/mol. The maximum absolute atomic E-state index is 12.5. The predicted octanol–water partition coefficient (Wildman–Crippen LogP) is 11.7. The van der Waals surface area contributed by atoms with Crippen molar-refractivity contribution in [2.75, 3.05) is 95.2 Å². The molecule has 4 aromatic heterocycles. The van der Waals surface area contributed by atoms with E-state index >= 15 is 0 Å². The Balaban J connectivity index is 0.000000224. The highest BCUT2D eigenvalue weighted by molar-refractivity contribution is 6.76. The monoisotopic (exact) mass is 1390 g/mol. The van der Waals surface area contributed by atoms with Crippen molar-refractivity contribution in [2.45, 2.75) is 104 Å². The number of para-hydroxylation sites is 5. The molecule has 0 unspecified atom stereocenters. The van der Waals surface area contributed by atoms with Gasteiger partial charge in [-0.25, -0.2) is 19.4 Å². The van der Waals surface area contributed by atoms with E-state index in [0.717, 1.165) is 46.8 Å². The fraction of sp³-hybridized carbons (Fsp3) is 0.418. The van der Waals surface area contributed by atoms with Crippen LogP contribution in [0.5, 0.6) is 24.0 Å². The Hall–Kier alpha value is -9.18. The second kappa shape index (κ2) is 36.2. The van der Waals surface area contributed by atoms with Crippen LogP contribution in [-0.2, 0) is 53.5 Å². The Morgan fingerprint density at radius 3 is 1.19 bits per heavy atom. The van der Waals surface area contributed by atoms with Gasteiger partial charge >= 0.3 is 17.9 Å². The van der Waals surface area contributed by atoms with E-state index in [4.69, 9.17) is 54.2 Å². The molecule has 0 radical (unpaired) electrons. The Morgan fingerprint density at radius 2 is 0.804 bits per heavy atom. The maximum atomic E-state index is 12.5. The first-order valence-electron chi connectivity index (χ1n) is 31.0. The van der Waals surface area contributed by atoms with Gasteiger partial charge in [-0.2, -0.15) is 19.9 Å². The average molecular weight is 1390 g/mol. The highest BCUT2D eigenvalue weighted by Crippen LogP contribution is 2.29. The van der Waals surface area contributed by atoms with Gasteiger partial charge in [0.2, 0.25) is 0 Å². The Kier molecular flexibility index (Phi) is 29.3. The van der Waals surface area contributed by atoms with Crippen molar-refractivity contribution in [1.29, 1.82) is 0 Å². The summed E-state index contributed by atoms with van der Waals surface area (Å²) in [5.74, 6) is -1.56. The van der Waals surface area contributed by atoms with Crippen molar-refractivity contribution < 1.29 is 76.2 Å². The molecule has 526 valence electrons. The molecule has 0 aliphatic carbocycles. The maximum Gasteiger partial charge on any atom is 0.340 e. The van der Waals surface area contributed by atoms with Crippen LogP contribution in [0, 0.1) is 0 Å². The number of esters is 3. The van der Waals surface area contributed by atoms with Crippen molar-refractivity contribution >= 4 is 109 Å². The molecule has 0 aliphatic rings. The normalized spacial score (nSPS) is 11.2. The number of hydrogen-bond donors (Lipinski definition) is 3. The van der Waals surface area contributed by atoms with Gasteiger partial charge in [-0.05, 0) is 85.7 Å².